The summed E-state index contributed by atoms with van der Waals surface area (Å²) in [6, 6.07) is 22.9. The van der Waals surface area contributed by atoms with Crippen LogP contribution in [0.3, 0.4) is 0 Å². The predicted molar refractivity (Wildman–Crippen MR) is 181 cm³/mol. The molecule has 0 atom stereocenters. The average molecular weight is 612 g/mol. The number of nitrogens with one attached hydrogen (secondary N) is 4. The normalized spacial score (nSPS) is 13.5. The number of aryl methyl sites for hydroxylation is 1. The Labute approximate surface area is 264 Å². The van der Waals surface area contributed by atoms with Crippen LogP contribution < -0.4 is 25.4 Å². The predicted octanol–water partition coefficient (Wildman–Crippen LogP) is 7.39. The number of ether oxygens (including phenoxy) is 1. The van der Waals surface area contributed by atoms with Crippen molar-refractivity contribution in [3.05, 3.63) is 90.1 Å². The van der Waals surface area contributed by atoms with Gasteiger partial charge in [0.25, 0.3) is 5.91 Å². The lowest BCUT2D eigenvalue weighted by Crippen LogP contribution is -2.29. The summed E-state index contributed by atoms with van der Waals surface area (Å²) in [5, 5.41) is 9.60. The van der Waals surface area contributed by atoms with Crippen molar-refractivity contribution in [2.45, 2.75) is 51.0 Å². The number of hydrogen-bond acceptors (Lipinski definition) is 9. The summed E-state index contributed by atoms with van der Waals surface area (Å²) in [5.41, 5.74) is 3.91. The molecule has 44 heavy (non-hydrogen) atoms. The number of nitrogens with zero attached hydrogens (tertiary/aromatic N) is 3. The number of hydrogen-bond donors (Lipinski definition) is 4. The Hall–Kier alpha value is -4.12. The van der Waals surface area contributed by atoms with Crippen LogP contribution in [0.2, 0.25) is 0 Å². The number of aromatic nitrogens is 2. The first-order valence-corrected chi connectivity index (χ1v) is 15.8. The summed E-state index contributed by atoms with van der Waals surface area (Å²) in [6.07, 6.45) is 4.34. The maximum atomic E-state index is 12.9. The zero-order chi connectivity index (χ0) is 30.9. The third-order valence-corrected chi connectivity index (χ3v) is 8.14. The van der Waals surface area contributed by atoms with Crippen molar-refractivity contribution in [2.75, 3.05) is 42.2 Å². The van der Waals surface area contributed by atoms with Crippen LogP contribution in [0, 0.1) is 6.92 Å². The standard InChI is InChI=1S/C34H41N7O2S/c1-24-23-35-33(39-31(24)36-28-8-7-9-30(22-28)44-40-34(2,3)4)38-27-12-10-25(11-13-27)32(42)37-26-14-16-29(17-15-26)43-21-20-41-18-5-6-19-41/h7-17,22-23,40H,5-6,18-21H2,1-4H3,(H,37,42)(H2,35,36,38,39). The first-order valence-electron chi connectivity index (χ1n) is 15.0. The molecule has 230 valence electrons. The maximum absolute atomic E-state index is 12.9. The summed E-state index contributed by atoms with van der Waals surface area (Å²) < 4.78 is 9.30. The number of carbonyl (C=O) groups is 1. The zero-order valence-electron chi connectivity index (χ0n) is 25.8. The number of carbonyl (C=O) groups excluding carboxylic acids is 1. The van der Waals surface area contributed by atoms with Gasteiger partial charge in [-0.25, -0.2) is 4.98 Å². The molecule has 1 amide bonds. The molecule has 5 rings (SSSR count). The van der Waals surface area contributed by atoms with Crippen molar-refractivity contribution in [1.82, 2.24) is 19.6 Å². The molecule has 3 aromatic carbocycles. The van der Waals surface area contributed by atoms with Crippen LogP contribution in [0.5, 0.6) is 5.75 Å². The Morgan fingerprint density at radius 3 is 2.39 bits per heavy atom. The highest BCUT2D eigenvalue weighted by Gasteiger charge is 2.12. The topological polar surface area (TPSA) is 103 Å². The molecule has 1 aliphatic heterocycles. The third kappa shape index (κ3) is 9.44. The summed E-state index contributed by atoms with van der Waals surface area (Å²) in [7, 11) is 0. The van der Waals surface area contributed by atoms with Gasteiger partial charge in [-0.05, 0) is 132 Å². The molecule has 9 nitrogen and oxygen atoms in total. The van der Waals surface area contributed by atoms with Crippen LogP contribution in [0.4, 0.5) is 28.8 Å². The number of likely N-dealkylation sites (tertiary alicyclic amines) is 1. The zero-order valence-corrected chi connectivity index (χ0v) is 26.6. The SMILES string of the molecule is Cc1cnc(Nc2ccc(C(=O)Nc3ccc(OCCN4CCCC4)cc3)cc2)nc1Nc1cccc(SNC(C)(C)C)c1. The van der Waals surface area contributed by atoms with E-state index in [4.69, 9.17) is 4.74 Å². The highest BCUT2D eigenvalue weighted by Crippen LogP contribution is 2.26. The Balaban J connectivity index is 1.13. The van der Waals surface area contributed by atoms with Gasteiger partial charge in [-0.15, -0.1) is 0 Å². The van der Waals surface area contributed by atoms with Crippen LogP contribution >= 0.6 is 11.9 Å². The summed E-state index contributed by atoms with van der Waals surface area (Å²) in [6.45, 7) is 12.3. The maximum Gasteiger partial charge on any atom is 0.255 e. The third-order valence-electron chi connectivity index (χ3n) is 6.93. The molecule has 1 fully saturated rings. The molecule has 0 unspecified atom stereocenters. The van der Waals surface area contributed by atoms with Gasteiger partial charge in [0.15, 0.2) is 0 Å². The minimum atomic E-state index is -0.185. The largest absolute Gasteiger partial charge is 0.492 e. The highest BCUT2D eigenvalue weighted by atomic mass is 32.2. The molecular weight excluding hydrogens is 570 g/mol. The molecular formula is C34H41N7O2S. The molecule has 0 saturated carbocycles. The number of benzene rings is 3. The number of rotatable bonds is 12. The van der Waals surface area contributed by atoms with Gasteiger partial charge in [-0.1, -0.05) is 6.07 Å². The fraction of sp³-hybridized carbons (Fsp3) is 0.324. The van der Waals surface area contributed by atoms with Gasteiger partial charge in [0, 0.05) is 51.4 Å². The van der Waals surface area contributed by atoms with E-state index in [9.17, 15) is 4.79 Å². The Morgan fingerprint density at radius 2 is 1.66 bits per heavy atom. The van der Waals surface area contributed by atoms with E-state index in [0.717, 1.165) is 47.2 Å². The van der Waals surface area contributed by atoms with Gasteiger partial charge >= 0.3 is 0 Å². The first kappa shape index (κ1) is 31.3. The summed E-state index contributed by atoms with van der Waals surface area (Å²) in [5.74, 6) is 1.79. The second-order valence-corrected chi connectivity index (χ2v) is 12.8. The van der Waals surface area contributed by atoms with Crippen LogP contribution in [0.15, 0.2) is 83.9 Å². The first-order chi connectivity index (χ1) is 21.2. The molecule has 0 aliphatic carbocycles. The number of amides is 1. The van der Waals surface area contributed by atoms with Crippen molar-refractivity contribution in [2.24, 2.45) is 0 Å². The van der Waals surface area contributed by atoms with Gasteiger partial charge in [-0.2, -0.15) is 4.98 Å². The lowest BCUT2D eigenvalue weighted by atomic mass is 10.1. The molecule has 1 aromatic heterocycles. The number of anilines is 5. The second-order valence-electron chi connectivity index (χ2n) is 11.9. The summed E-state index contributed by atoms with van der Waals surface area (Å²) >= 11 is 1.60. The van der Waals surface area contributed by atoms with Gasteiger partial charge < -0.3 is 20.7 Å². The van der Waals surface area contributed by atoms with Crippen molar-refractivity contribution < 1.29 is 9.53 Å². The smallest absolute Gasteiger partial charge is 0.255 e. The molecule has 0 radical (unpaired) electrons. The molecule has 4 aromatic rings. The Kier molecular flexibility index (Phi) is 10.4. The average Bonchev–Trinajstić information content (AvgIpc) is 3.53. The lowest BCUT2D eigenvalue weighted by molar-refractivity contribution is 0.102. The van der Waals surface area contributed by atoms with E-state index in [2.05, 4.69) is 68.4 Å². The van der Waals surface area contributed by atoms with Crippen molar-refractivity contribution in [3.63, 3.8) is 0 Å². The Bertz CT molecular complexity index is 1530. The van der Waals surface area contributed by atoms with Crippen LogP contribution in [0.25, 0.3) is 0 Å². The van der Waals surface area contributed by atoms with Crippen molar-refractivity contribution in [3.8, 4) is 5.75 Å². The van der Waals surface area contributed by atoms with E-state index >= 15 is 0 Å². The molecule has 10 heteroatoms. The minimum absolute atomic E-state index is 0.00826. The van der Waals surface area contributed by atoms with Crippen molar-refractivity contribution >= 4 is 46.7 Å². The fourth-order valence-electron chi connectivity index (χ4n) is 4.59. The van der Waals surface area contributed by atoms with Crippen LogP contribution in [-0.4, -0.2) is 52.6 Å². The molecule has 1 saturated heterocycles. The fourth-order valence-corrected chi connectivity index (χ4v) is 5.34. The molecule has 0 bridgehead atoms. The Morgan fingerprint density at radius 1 is 0.932 bits per heavy atom. The van der Waals surface area contributed by atoms with Crippen LogP contribution in [0.1, 0.15) is 49.5 Å². The van der Waals surface area contributed by atoms with E-state index in [1.807, 2.05) is 55.5 Å². The van der Waals surface area contributed by atoms with E-state index in [1.54, 1.807) is 30.3 Å². The van der Waals surface area contributed by atoms with Crippen molar-refractivity contribution in [1.29, 1.82) is 0 Å². The van der Waals surface area contributed by atoms with Gasteiger partial charge in [-0.3, -0.25) is 14.4 Å². The van der Waals surface area contributed by atoms with Gasteiger partial charge in [0.2, 0.25) is 5.95 Å². The molecule has 4 N–H and O–H groups in total. The minimum Gasteiger partial charge on any atom is -0.492 e. The summed E-state index contributed by atoms with van der Waals surface area (Å²) in [4.78, 5) is 25.5. The van der Waals surface area contributed by atoms with E-state index in [1.165, 1.54) is 12.8 Å². The van der Waals surface area contributed by atoms with Gasteiger partial charge in [0.05, 0.1) is 0 Å². The van der Waals surface area contributed by atoms with E-state index in [0.29, 0.717) is 29.6 Å². The quantitative estimate of drug-likeness (QED) is 0.122. The molecule has 1 aliphatic rings. The van der Waals surface area contributed by atoms with E-state index < -0.39 is 0 Å². The monoisotopic (exact) mass is 611 g/mol. The molecule has 2 heterocycles. The highest BCUT2D eigenvalue weighted by molar-refractivity contribution is 7.97. The van der Waals surface area contributed by atoms with Gasteiger partial charge in [0.1, 0.15) is 18.2 Å². The van der Waals surface area contributed by atoms with Crippen LogP contribution in [-0.2, 0) is 0 Å². The molecule has 0 spiro atoms. The van der Waals surface area contributed by atoms with E-state index in [-0.39, 0.29) is 11.4 Å². The second kappa shape index (κ2) is 14.6. The lowest BCUT2D eigenvalue weighted by Gasteiger charge is -2.19.